The van der Waals surface area contributed by atoms with Gasteiger partial charge in [0.2, 0.25) is 5.95 Å². The van der Waals surface area contributed by atoms with Crippen LogP contribution in [0.15, 0.2) is 42.7 Å². The van der Waals surface area contributed by atoms with Crippen LogP contribution in [-0.2, 0) is 13.0 Å². The molecule has 0 aliphatic heterocycles. The molecule has 0 radical (unpaired) electrons. The lowest BCUT2D eigenvalue weighted by atomic mass is 10.1. The fourth-order valence-electron chi connectivity index (χ4n) is 2.73. The van der Waals surface area contributed by atoms with E-state index in [9.17, 15) is 0 Å². The molecule has 0 N–H and O–H groups in total. The summed E-state index contributed by atoms with van der Waals surface area (Å²) in [5.74, 6) is 0.726. The molecule has 0 aliphatic rings. The Balaban J connectivity index is 1.91. The van der Waals surface area contributed by atoms with E-state index >= 15 is 0 Å². The number of pyridine rings is 1. The second kappa shape index (κ2) is 6.83. The Morgan fingerprint density at radius 3 is 2.38 bits per heavy atom. The Labute approximate surface area is 143 Å². The molecular weight excluding hydrogens is 298 g/mol. The van der Waals surface area contributed by atoms with E-state index in [0.717, 1.165) is 35.7 Å². The zero-order valence-electron chi connectivity index (χ0n) is 14.7. The third kappa shape index (κ3) is 3.30. The average molecular weight is 321 g/mol. The van der Waals surface area contributed by atoms with Crippen LogP contribution in [0.5, 0.6) is 0 Å². The number of para-hydroxylation sites is 1. The van der Waals surface area contributed by atoms with Gasteiger partial charge in [0, 0.05) is 62.4 Å². The quantitative estimate of drug-likeness (QED) is 0.721. The molecule has 0 aliphatic carbocycles. The maximum Gasteiger partial charge on any atom is 0.224 e. The average Bonchev–Trinajstić information content (AvgIpc) is 2.61. The molecule has 2 heterocycles. The Bertz CT molecular complexity index is 827. The number of aryl methyl sites for hydroxylation is 1. The van der Waals surface area contributed by atoms with Crippen molar-refractivity contribution in [3.05, 3.63) is 54.0 Å². The first-order valence-corrected chi connectivity index (χ1v) is 8.16. The van der Waals surface area contributed by atoms with Crippen molar-refractivity contribution in [2.45, 2.75) is 19.9 Å². The van der Waals surface area contributed by atoms with Crippen molar-refractivity contribution in [1.29, 1.82) is 0 Å². The predicted octanol–water partition coefficient (Wildman–Crippen LogP) is 3.29. The summed E-state index contributed by atoms with van der Waals surface area (Å²) < 4.78 is 0. The van der Waals surface area contributed by atoms with Gasteiger partial charge in [-0.05, 0) is 18.6 Å². The van der Waals surface area contributed by atoms with Gasteiger partial charge in [-0.15, -0.1) is 0 Å². The minimum absolute atomic E-state index is 0.726. The summed E-state index contributed by atoms with van der Waals surface area (Å²) in [5, 5.41) is 1.17. The maximum absolute atomic E-state index is 4.72. The zero-order valence-corrected chi connectivity index (χ0v) is 14.7. The Morgan fingerprint density at radius 2 is 1.71 bits per heavy atom. The number of aromatic nitrogens is 3. The fourth-order valence-corrected chi connectivity index (χ4v) is 2.73. The van der Waals surface area contributed by atoms with Crippen molar-refractivity contribution < 1.29 is 0 Å². The van der Waals surface area contributed by atoms with Gasteiger partial charge in [0.1, 0.15) is 0 Å². The molecule has 24 heavy (non-hydrogen) atoms. The molecule has 0 atom stereocenters. The first-order chi connectivity index (χ1) is 11.6. The van der Waals surface area contributed by atoms with Gasteiger partial charge in [0.25, 0.3) is 0 Å². The van der Waals surface area contributed by atoms with Crippen LogP contribution in [0.4, 0.5) is 11.6 Å². The third-order valence-corrected chi connectivity index (χ3v) is 4.03. The monoisotopic (exact) mass is 321 g/mol. The van der Waals surface area contributed by atoms with Gasteiger partial charge in [0.05, 0.1) is 5.52 Å². The number of fused-ring (bicyclic) bond motifs is 1. The van der Waals surface area contributed by atoms with Gasteiger partial charge in [-0.3, -0.25) is 4.98 Å². The summed E-state index contributed by atoms with van der Waals surface area (Å²) in [6, 6.07) is 10.5. The van der Waals surface area contributed by atoms with Crippen LogP contribution < -0.4 is 9.80 Å². The second-order valence-electron chi connectivity index (χ2n) is 6.15. The van der Waals surface area contributed by atoms with Crippen LogP contribution in [0.2, 0.25) is 0 Å². The highest BCUT2D eigenvalue weighted by atomic mass is 15.2. The van der Waals surface area contributed by atoms with Crippen molar-refractivity contribution in [3.8, 4) is 0 Å². The van der Waals surface area contributed by atoms with Gasteiger partial charge in [-0.25, -0.2) is 9.97 Å². The van der Waals surface area contributed by atoms with Crippen molar-refractivity contribution in [1.82, 2.24) is 15.0 Å². The summed E-state index contributed by atoms with van der Waals surface area (Å²) in [5.41, 5.74) is 4.42. The van der Waals surface area contributed by atoms with Crippen LogP contribution in [0.3, 0.4) is 0 Å². The number of hydrogen-bond donors (Lipinski definition) is 0. The number of nitrogens with zero attached hydrogens (tertiary/aromatic N) is 5. The molecule has 0 amide bonds. The highest BCUT2D eigenvalue weighted by molar-refractivity contribution is 5.91. The molecule has 0 saturated carbocycles. The Kier molecular flexibility index (Phi) is 4.60. The first-order valence-electron chi connectivity index (χ1n) is 8.16. The third-order valence-electron chi connectivity index (χ3n) is 4.03. The molecule has 0 saturated heterocycles. The van der Waals surface area contributed by atoms with Crippen molar-refractivity contribution >= 4 is 22.5 Å². The number of benzene rings is 1. The van der Waals surface area contributed by atoms with E-state index in [4.69, 9.17) is 4.98 Å². The van der Waals surface area contributed by atoms with Gasteiger partial charge in [0.15, 0.2) is 0 Å². The lowest BCUT2D eigenvalue weighted by molar-refractivity contribution is 0.892. The van der Waals surface area contributed by atoms with Crippen LogP contribution >= 0.6 is 0 Å². The Hall–Kier alpha value is -2.69. The fraction of sp³-hybridized carbons (Fsp3) is 0.316. The molecular formula is C19H23N5. The molecule has 3 rings (SSSR count). The van der Waals surface area contributed by atoms with E-state index in [1.165, 1.54) is 11.1 Å². The molecule has 1 aromatic carbocycles. The van der Waals surface area contributed by atoms with E-state index in [2.05, 4.69) is 53.1 Å². The lowest BCUT2D eigenvalue weighted by Gasteiger charge is -2.22. The molecule has 0 fully saturated rings. The standard InChI is InChI=1S/C19H23N5/c1-5-15-10-18(16-8-6-7-9-17(16)22-15)24(4)13-14-11-20-19(21-12-14)23(2)3/h6-12H,5,13H2,1-4H3. The van der Waals surface area contributed by atoms with Gasteiger partial charge < -0.3 is 9.80 Å². The lowest BCUT2D eigenvalue weighted by Crippen LogP contribution is -2.18. The van der Waals surface area contributed by atoms with E-state index in [0.29, 0.717) is 0 Å². The molecule has 5 heteroatoms. The van der Waals surface area contributed by atoms with Gasteiger partial charge in [-0.2, -0.15) is 0 Å². The smallest absolute Gasteiger partial charge is 0.224 e. The normalized spacial score (nSPS) is 10.8. The molecule has 0 spiro atoms. The molecule has 124 valence electrons. The minimum atomic E-state index is 0.726. The predicted molar refractivity (Wildman–Crippen MR) is 99.6 cm³/mol. The molecule has 3 aromatic rings. The largest absolute Gasteiger partial charge is 0.370 e. The van der Waals surface area contributed by atoms with Crippen LogP contribution in [0.1, 0.15) is 18.2 Å². The van der Waals surface area contributed by atoms with Crippen molar-refractivity contribution in [2.75, 3.05) is 30.9 Å². The summed E-state index contributed by atoms with van der Waals surface area (Å²) >= 11 is 0. The number of rotatable bonds is 5. The van der Waals surface area contributed by atoms with E-state index < -0.39 is 0 Å². The van der Waals surface area contributed by atoms with E-state index in [1.807, 2.05) is 37.5 Å². The summed E-state index contributed by atoms with van der Waals surface area (Å²) in [7, 11) is 5.98. The summed E-state index contributed by atoms with van der Waals surface area (Å²) in [6.45, 7) is 2.89. The highest BCUT2D eigenvalue weighted by Crippen LogP contribution is 2.27. The first kappa shape index (κ1) is 16.2. The van der Waals surface area contributed by atoms with Crippen molar-refractivity contribution in [2.24, 2.45) is 0 Å². The van der Waals surface area contributed by atoms with E-state index in [-0.39, 0.29) is 0 Å². The second-order valence-corrected chi connectivity index (χ2v) is 6.15. The van der Waals surface area contributed by atoms with Crippen LogP contribution in [-0.4, -0.2) is 36.1 Å². The van der Waals surface area contributed by atoms with E-state index in [1.54, 1.807) is 0 Å². The van der Waals surface area contributed by atoms with Crippen molar-refractivity contribution in [3.63, 3.8) is 0 Å². The maximum atomic E-state index is 4.72. The highest BCUT2D eigenvalue weighted by Gasteiger charge is 2.10. The van der Waals surface area contributed by atoms with Gasteiger partial charge in [-0.1, -0.05) is 25.1 Å². The number of anilines is 2. The summed E-state index contributed by atoms with van der Waals surface area (Å²) in [6.07, 6.45) is 4.71. The summed E-state index contributed by atoms with van der Waals surface area (Å²) in [4.78, 5) is 17.6. The van der Waals surface area contributed by atoms with Crippen LogP contribution in [0.25, 0.3) is 10.9 Å². The topological polar surface area (TPSA) is 45.2 Å². The molecule has 5 nitrogen and oxygen atoms in total. The molecule has 2 aromatic heterocycles. The Morgan fingerprint density at radius 1 is 1.00 bits per heavy atom. The SMILES string of the molecule is CCc1cc(N(C)Cc2cnc(N(C)C)nc2)c2ccccc2n1. The molecule has 0 bridgehead atoms. The van der Waals surface area contributed by atoms with Gasteiger partial charge >= 0.3 is 0 Å². The van der Waals surface area contributed by atoms with Crippen LogP contribution in [0, 0.1) is 0 Å². The molecule has 0 unspecified atom stereocenters. The number of hydrogen-bond acceptors (Lipinski definition) is 5. The minimum Gasteiger partial charge on any atom is -0.370 e. The zero-order chi connectivity index (χ0) is 17.1.